The van der Waals surface area contributed by atoms with Crippen molar-refractivity contribution in [3.63, 3.8) is 0 Å². The maximum Gasteiger partial charge on any atom is 0.412 e. The summed E-state index contributed by atoms with van der Waals surface area (Å²) < 4.78 is 17.3. The van der Waals surface area contributed by atoms with Crippen molar-refractivity contribution in [2.45, 2.75) is 97.3 Å². The molecule has 0 unspecified atom stereocenters. The minimum absolute atomic E-state index is 0.0670. The summed E-state index contributed by atoms with van der Waals surface area (Å²) in [6, 6.07) is 9.51. The summed E-state index contributed by atoms with van der Waals surface area (Å²) in [4.78, 5) is 27.2. The van der Waals surface area contributed by atoms with Gasteiger partial charge in [-0.2, -0.15) is 0 Å². The normalized spacial score (nSPS) is 21.7. The zero-order valence-corrected chi connectivity index (χ0v) is 18.9. The van der Waals surface area contributed by atoms with E-state index in [1.54, 1.807) is 4.90 Å². The van der Waals surface area contributed by atoms with Gasteiger partial charge in [-0.1, -0.05) is 30.3 Å². The van der Waals surface area contributed by atoms with Crippen molar-refractivity contribution in [2.75, 3.05) is 0 Å². The van der Waals surface area contributed by atoms with Crippen molar-refractivity contribution >= 4 is 12.1 Å². The van der Waals surface area contributed by atoms with Gasteiger partial charge in [-0.25, -0.2) is 4.79 Å². The number of carbonyl (C=O) groups excluding carboxylic acids is 2. The van der Waals surface area contributed by atoms with E-state index < -0.39 is 29.1 Å². The molecule has 0 radical (unpaired) electrons. The molecule has 2 rings (SSSR count). The highest BCUT2D eigenvalue weighted by atomic mass is 16.6. The molecule has 1 aromatic rings. The highest BCUT2D eigenvalue weighted by Gasteiger charge is 2.51. The molecule has 1 aliphatic rings. The largest absolute Gasteiger partial charge is 0.460 e. The molecule has 0 bridgehead atoms. The minimum Gasteiger partial charge on any atom is -0.460 e. The van der Waals surface area contributed by atoms with E-state index in [0.29, 0.717) is 6.42 Å². The van der Waals surface area contributed by atoms with E-state index in [1.807, 2.05) is 85.7 Å². The number of ether oxygens (including phenoxy) is 3. The second-order valence-electron chi connectivity index (χ2n) is 10.0. The average molecular weight is 406 g/mol. The molecule has 0 aliphatic carbocycles. The molecular formula is C23H35NO5. The van der Waals surface area contributed by atoms with Crippen LogP contribution in [0.5, 0.6) is 0 Å². The topological polar surface area (TPSA) is 65.1 Å². The number of esters is 1. The summed E-state index contributed by atoms with van der Waals surface area (Å²) in [5.41, 5.74) is -1.06. The van der Waals surface area contributed by atoms with Crippen LogP contribution in [-0.2, 0) is 25.4 Å². The number of rotatable bonds is 4. The summed E-state index contributed by atoms with van der Waals surface area (Å²) >= 11 is 0. The standard InChI is InChI=1S/C23H35NO5/c1-21(2,3)28-19(25)15-18-17(14-16-12-10-9-11-13-16)24(23(7,8)27-18)20(26)29-22(4,5)6/h9-13,17-18H,14-15H2,1-8H3/t17-,18+/m0/s1. The summed E-state index contributed by atoms with van der Waals surface area (Å²) in [6.07, 6.45) is -0.322. The summed E-state index contributed by atoms with van der Waals surface area (Å²) in [5, 5.41) is 0. The van der Waals surface area contributed by atoms with Crippen LogP contribution in [0, 0.1) is 0 Å². The van der Waals surface area contributed by atoms with E-state index >= 15 is 0 Å². The predicted octanol–water partition coefficient (Wildman–Crippen LogP) is 4.70. The minimum atomic E-state index is -0.908. The monoisotopic (exact) mass is 405 g/mol. The molecule has 29 heavy (non-hydrogen) atoms. The first-order valence-corrected chi connectivity index (χ1v) is 10.1. The number of amides is 1. The Bertz CT molecular complexity index is 715. The lowest BCUT2D eigenvalue weighted by Gasteiger charge is -2.35. The van der Waals surface area contributed by atoms with Crippen LogP contribution in [-0.4, -0.2) is 46.0 Å². The third-order valence-corrected chi connectivity index (χ3v) is 4.45. The molecule has 0 N–H and O–H groups in total. The van der Waals surface area contributed by atoms with E-state index in [0.717, 1.165) is 5.56 Å². The van der Waals surface area contributed by atoms with E-state index in [1.165, 1.54) is 0 Å². The zero-order valence-electron chi connectivity index (χ0n) is 18.9. The zero-order chi connectivity index (χ0) is 22.0. The van der Waals surface area contributed by atoms with Crippen LogP contribution < -0.4 is 0 Å². The van der Waals surface area contributed by atoms with Crippen LogP contribution in [0.4, 0.5) is 4.79 Å². The van der Waals surface area contributed by atoms with Crippen LogP contribution in [0.15, 0.2) is 30.3 Å². The molecule has 0 saturated carbocycles. The van der Waals surface area contributed by atoms with E-state index in [-0.39, 0.29) is 18.4 Å². The number of hydrogen-bond acceptors (Lipinski definition) is 5. The van der Waals surface area contributed by atoms with Crippen LogP contribution in [0.1, 0.15) is 67.4 Å². The SMILES string of the molecule is CC(C)(C)OC(=O)C[C@H]1OC(C)(C)N(C(=O)OC(C)(C)C)[C@H]1Cc1ccccc1. The van der Waals surface area contributed by atoms with Crippen molar-refractivity contribution in [3.05, 3.63) is 35.9 Å². The summed E-state index contributed by atoms with van der Waals surface area (Å²) in [7, 11) is 0. The maximum atomic E-state index is 13.0. The van der Waals surface area contributed by atoms with Gasteiger partial charge in [0.1, 0.15) is 16.9 Å². The molecule has 6 nitrogen and oxygen atoms in total. The van der Waals surface area contributed by atoms with Crippen molar-refractivity contribution in [2.24, 2.45) is 0 Å². The molecule has 1 heterocycles. The van der Waals surface area contributed by atoms with Gasteiger partial charge < -0.3 is 14.2 Å². The average Bonchev–Trinajstić information content (AvgIpc) is 2.74. The van der Waals surface area contributed by atoms with Gasteiger partial charge in [0, 0.05) is 0 Å². The fourth-order valence-electron chi connectivity index (χ4n) is 3.54. The third-order valence-electron chi connectivity index (χ3n) is 4.45. The molecule has 1 fully saturated rings. The molecule has 1 aliphatic heterocycles. The Hall–Kier alpha value is -2.08. The first kappa shape index (κ1) is 23.2. The molecule has 2 atom stereocenters. The number of nitrogens with zero attached hydrogens (tertiary/aromatic N) is 1. The lowest BCUT2D eigenvalue weighted by molar-refractivity contribution is -0.159. The maximum absolute atomic E-state index is 13.0. The first-order valence-electron chi connectivity index (χ1n) is 10.1. The Kier molecular flexibility index (Phi) is 6.68. The second kappa shape index (κ2) is 8.34. The van der Waals surface area contributed by atoms with E-state index in [9.17, 15) is 9.59 Å². The van der Waals surface area contributed by atoms with Crippen molar-refractivity contribution in [3.8, 4) is 0 Å². The lowest BCUT2D eigenvalue weighted by Crippen LogP contribution is -2.51. The van der Waals surface area contributed by atoms with Crippen LogP contribution in [0.2, 0.25) is 0 Å². The van der Waals surface area contributed by atoms with Crippen LogP contribution in [0.3, 0.4) is 0 Å². The Labute approximate surface area is 174 Å². The Morgan fingerprint density at radius 2 is 1.55 bits per heavy atom. The van der Waals surface area contributed by atoms with Gasteiger partial charge in [0.2, 0.25) is 0 Å². The van der Waals surface area contributed by atoms with E-state index in [4.69, 9.17) is 14.2 Å². The predicted molar refractivity (Wildman–Crippen MR) is 111 cm³/mol. The fraction of sp³-hybridized carbons (Fsp3) is 0.652. The second-order valence-corrected chi connectivity index (χ2v) is 10.0. The van der Waals surface area contributed by atoms with E-state index in [2.05, 4.69) is 0 Å². The molecular weight excluding hydrogens is 370 g/mol. The Morgan fingerprint density at radius 3 is 2.07 bits per heavy atom. The Morgan fingerprint density at radius 1 is 1.00 bits per heavy atom. The highest BCUT2D eigenvalue weighted by molar-refractivity contribution is 5.72. The molecule has 0 aromatic heterocycles. The quantitative estimate of drug-likeness (QED) is 0.679. The van der Waals surface area contributed by atoms with Crippen LogP contribution >= 0.6 is 0 Å². The van der Waals surface area contributed by atoms with Gasteiger partial charge in [-0.15, -0.1) is 0 Å². The molecule has 162 valence electrons. The number of carbonyl (C=O) groups is 2. The molecule has 1 aromatic carbocycles. The van der Waals surface area contributed by atoms with Gasteiger partial charge in [0.25, 0.3) is 0 Å². The van der Waals surface area contributed by atoms with Gasteiger partial charge in [0.15, 0.2) is 0 Å². The highest BCUT2D eigenvalue weighted by Crippen LogP contribution is 2.37. The smallest absolute Gasteiger partial charge is 0.412 e. The van der Waals surface area contributed by atoms with Gasteiger partial charge in [0.05, 0.1) is 18.6 Å². The lowest BCUT2D eigenvalue weighted by atomic mass is 9.98. The fourth-order valence-corrected chi connectivity index (χ4v) is 3.54. The van der Waals surface area contributed by atoms with Crippen molar-refractivity contribution in [1.82, 2.24) is 4.90 Å². The van der Waals surface area contributed by atoms with Gasteiger partial charge in [-0.05, 0) is 67.4 Å². The molecule has 0 spiro atoms. The Balaban J connectivity index is 2.31. The van der Waals surface area contributed by atoms with Gasteiger partial charge in [-0.3, -0.25) is 9.69 Å². The van der Waals surface area contributed by atoms with Crippen molar-refractivity contribution in [1.29, 1.82) is 0 Å². The van der Waals surface area contributed by atoms with Gasteiger partial charge >= 0.3 is 12.1 Å². The number of benzene rings is 1. The summed E-state index contributed by atoms with van der Waals surface area (Å²) in [6.45, 7) is 14.6. The van der Waals surface area contributed by atoms with Crippen LogP contribution in [0.25, 0.3) is 0 Å². The molecule has 1 saturated heterocycles. The first-order chi connectivity index (χ1) is 13.2. The number of hydrogen-bond donors (Lipinski definition) is 0. The third kappa shape index (κ3) is 6.74. The molecule has 1 amide bonds. The van der Waals surface area contributed by atoms with Crippen molar-refractivity contribution < 1.29 is 23.8 Å². The molecule has 6 heteroatoms. The summed E-state index contributed by atoms with van der Waals surface area (Å²) in [5.74, 6) is -0.345.